The third-order valence-corrected chi connectivity index (χ3v) is 7.07. The van der Waals surface area contributed by atoms with E-state index in [4.69, 9.17) is 18.3 Å². The minimum Gasteiger partial charge on any atom is -0.392 e. The van der Waals surface area contributed by atoms with Crippen molar-refractivity contribution in [1.29, 1.82) is 0 Å². The molecule has 0 aliphatic carbocycles. The van der Waals surface area contributed by atoms with E-state index in [2.05, 4.69) is 13.1 Å². The van der Waals surface area contributed by atoms with Crippen LogP contribution in [0.4, 0.5) is 0 Å². The zero-order valence-electron chi connectivity index (χ0n) is 16.3. The first-order chi connectivity index (χ1) is 11.7. The van der Waals surface area contributed by atoms with E-state index in [-0.39, 0.29) is 0 Å². The fourth-order valence-corrected chi connectivity index (χ4v) is 4.96. The average molecular weight is 361 g/mol. The number of ether oxygens (including phenoxy) is 2. The molecule has 0 aromatic heterocycles. The molecule has 144 valence electrons. The molecule has 0 aliphatic heterocycles. The molecule has 0 radical (unpaired) electrons. The smallest absolute Gasteiger partial charge is 0.335 e. The van der Waals surface area contributed by atoms with Gasteiger partial charge in [0.1, 0.15) is 0 Å². The second-order valence-electron chi connectivity index (χ2n) is 6.47. The third kappa shape index (κ3) is 15.3. The predicted octanol–water partition coefficient (Wildman–Crippen LogP) is 5.08. The lowest BCUT2D eigenvalue weighted by molar-refractivity contribution is 0.0882. The summed E-state index contributed by atoms with van der Waals surface area (Å²) in [5.74, 6) is 0. The molecule has 0 saturated carbocycles. The van der Waals surface area contributed by atoms with Crippen LogP contribution in [0, 0.1) is 0 Å². The highest BCUT2D eigenvalue weighted by molar-refractivity contribution is 6.66. The Morgan fingerprint density at radius 3 is 1.62 bits per heavy atom. The molecule has 0 amide bonds. The van der Waals surface area contributed by atoms with Gasteiger partial charge in [-0.3, -0.25) is 0 Å². The van der Waals surface area contributed by atoms with Gasteiger partial charge in [-0.15, -0.1) is 6.58 Å². The van der Waals surface area contributed by atoms with Gasteiger partial charge in [-0.25, -0.2) is 0 Å². The summed E-state index contributed by atoms with van der Waals surface area (Å²) in [6.07, 6.45) is 13.7. The molecule has 0 unspecified atom stereocenters. The van der Waals surface area contributed by atoms with Gasteiger partial charge >= 0.3 is 8.56 Å². The lowest BCUT2D eigenvalue weighted by Gasteiger charge is -2.27. The van der Waals surface area contributed by atoms with E-state index in [1.54, 1.807) is 14.2 Å². The van der Waals surface area contributed by atoms with Gasteiger partial charge in [0.2, 0.25) is 0 Å². The molecular weight excluding hydrogens is 320 g/mol. The van der Waals surface area contributed by atoms with Gasteiger partial charge in [0.05, 0.1) is 26.4 Å². The van der Waals surface area contributed by atoms with Crippen molar-refractivity contribution in [3.8, 4) is 0 Å². The van der Waals surface area contributed by atoms with Crippen molar-refractivity contribution in [1.82, 2.24) is 0 Å². The summed E-state index contributed by atoms with van der Waals surface area (Å²) in [5.41, 5.74) is 0. The van der Waals surface area contributed by atoms with Crippen molar-refractivity contribution in [2.75, 3.05) is 40.6 Å². The van der Waals surface area contributed by atoms with Crippen LogP contribution in [0.3, 0.4) is 0 Å². The monoisotopic (exact) mass is 360 g/mol. The molecule has 0 aromatic carbocycles. The number of allylic oxidation sites excluding steroid dienone is 1. The summed E-state index contributed by atoms with van der Waals surface area (Å²) in [7, 11) is 1.32. The van der Waals surface area contributed by atoms with Gasteiger partial charge in [-0.2, -0.15) is 0 Å². The second kappa shape index (κ2) is 17.6. The van der Waals surface area contributed by atoms with Crippen LogP contribution in [0.1, 0.15) is 57.8 Å². The van der Waals surface area contributed by atoms with Crippen LogP contribution in [-0.2, 0) is 18.3 Å². The number of unbranched alkanes of at least 4 members (excludes halogenated alkanes) is 8. The molecule has 0 aliphatic rings. The predicted molar refractivity (Wildman–Crippen MR) is 104 cm³/mol. The van der Waals surface area contributed by atoms with E-state index < -0.39 is 8.56 Å². The maximum absolute atomic E-state index is 6.03. The summed E-state index contributed by atoms with van der Waals surface area (Å²) < 4.78 is 22.2. The van der Waals surface area contributed by atoms with Crippen molar-refractivity contribution >= 4 is 8.56 Å². The lowest BCUT2D eigenvalue weighted by Crippen LogP contribution is -2.40. The Morgan fingerprint density at radius 1 is 0.708 bits per heavy atom. The molecule has 4 nitrogen and oxygen atoms in total. The lowest BCUT2D eigenvalue weighted by atomic mass is 10.1. The number of hydrogen-bond donors (Lipinski definition) is 0. The Balaban J connectivity index is 3.73. The van der Waals surface area contributed by atoms with E-state index in [9.17, 15) is 0 Å². The van der Waals surface area contributed by atoms with Crippen LogP contribution >= 0.6 is 0 Å². The van der Waals surface area contributed by atoms with E-state index in [1.807, 2.05) is 6.08 Å². The molecular formula is C19H40O4Si. The quantitative estimate of drug-likeness (QED) is 0.183. The van der Waals surface area contributed by atoms with Crippen LogP contribution in [0.5, 0.6) is 0 Å². The highest BCUT2D eigenvalue weighted by atomic mass is 28.4. The molecule has 0 saturated heterocycles. The normalized spacial score (nSPS) is 11.8. The van der Waals surface area contributed by atoms with Crippen molar-refractivity contribution in [2.24, 2.45) is 0 Å². The molecule has 5 heteroatoms. The van der Waals surface area contributed by atoms with Crippen molar-refractivity contribution in [3.63, 3.8) is 0 Å². The third-order valence-electron chi connectivity index (χ3n) is 4.18. The summed E-state index contributed by atoms with van der Waals surface area (Å²) in [6, 6.07) is 1.06. The summed E-state index contributed by atoms with van der Waals surface area (Å²) >= 11 is 0. The van der Waals surface area contributed by atoms with Gasteiger partial charge in [-0.05, 0) is 25.4 Å². The fourth-order valence-electron chi connectivity index (χ4n) is 2.66. The van der Waals surface area contributed by atoms with Crippen molar-refractivity contribution in [3.05, 3.63) is 12.7 Å². The largest absolute Gasteiger partial charge is 0.392 e. The summed E-state index contributed by atoms with van der Waals surface area (Å²) in [5, 5.41) is 0. The summed E-state index contributed by atoms with van der Waals surface area (Å²) in [6.45, 7) is 8.43. The standard InChI is InChI=1S/C19H40O4Si/c1-5-6-7-8-9-10-11-12-13-14-19-24(4,22-17-15-20-2)23-18-16-21-3/h5H,1,6-19H2,2-4H3. The Morgan fingerprint density at radius 2 is 1.17 bits per heavy atom. The molecule has 0 aromatic rings. The Bertz CT molecular complexity index is 264. The topological polar surface area (TPSA) is 36.9 Å². The minimum absolute atomic E-state index is 0.622. The van der Waals surface area contributed by atoms with Gasteiger partial charge in [0.15, 0.2) is 0 Å². The van der Waals surface area contributed by atoms with Crippen molar-refractivity contribution in [2.45, 2.75) is 70.4 Å². The highest BCUT2D eigenvalue weighted by Crippen LogP contribution is 2.19. The minimum atomic E-state index is -2.08. The zero-order valence-corrected chi connectivity index (χ0v) is 17.3. The maximum atomic E-state index is 6.03. The maximum Gasteiger partial charge on any atom is 0.335 e. The Labute approximate surface area is 151 Å². The molecule has 24 heavy (non-hydrogen) atoms. The van der Waals surface area contributed by atoms with Gasteiger partial charge in [-0.1, -0.05) is 51.0 Å². The van der Waals surface area contributed by atoms with Gasteiger partial charge in [0, 0.05) is 14.2 Å². The SMILES string of the molecule is C=CCCCCCCCCCC[Si](C)(OCCOC)OCCOC. The van der Waals surface area contributed by atoms with E-state index in [0.717, 1.165) is 12.5 Å². The van der Waals surface area contributed by atoms with E-state index in [0.29, 0.717) is 26.4 Å². The second-order valence-corrected chi connectivity index (χ2v) is 9.82. The summed E-state index contributed by atoms with van der Waals surface area (Å²) in [4.78, 5) is 0. The first kappa shape index (κ1) is 23.8. The number of hydrogen-bond acceptors (Lipinski definition) is 4. The van der Waals surface area contributed by atoms with E-state index >= 15 is 0 Å². The first-order valence-electron chi connectivity index (χ1n) is 9.55. The average Bonchev–Trinajstić information content (AvgIpc) is 2.57. The van der Waals surface area contributed by atoms with Gasteiger partial charge in [0.25, 0.3) is 0 Å². The zero-order chi connectivity index (χ0) is 17.9. The highest BCUT2D eigenvalue weighted by Gasteiger charge is 2.30. The molecule has 0 spiro atoms. The number of methoxy groups -OCH3 is 2. The van der Waals surface area contributed by atoms with Crippen LogP contribution in [0.2, 0.25) is 12.6 Å². The Kier molecular flexibility index (Phi) is 17.5. The Hall–Kier alpha value is -0.203. The first-order valence-corrected chi connectivity index (χ1v) is 12.1. The molecule has 0 N–H and O–H groups in total. The molecule has 0 fully saturated rings. The van der Waals surface area contributed by atoms with Gasteiger partial charge < -0.3 is 18.3 Å². The molecule has 0 atom stereocenters. The fraction of sp³-hybridized carbons (Fsp3) is 0.895. The van der Waals surface area contributed by atoms with Crippen LogP contribution in [0.25, 0.3) is 0 Å². The molecule has 0 rings (SSSR count). The van der Waals surface area contributed by atoms with Crippen LogP contribution < -0.4 is 0 Å². The molecule has 0 heterocycles. The number of rotatable bonds is 19. The van der Waals surface area contributed by atoms with Crippen molar-refractivity contribution < 1.29 is 18.3 Å². The molecule has 0 bridgehead atoms. The van der Waals surface area contributed by atoms with Crippen LogP contribution in [-0.4, -0.2) is 49.2 Å². The van der Waals surface area contributed by atoms with E-state index in [1.165, 1.54) is 51.4 Å². The van der Waals surface area contributed by atoms with Crippen LogP contribution in [0.15, 0.2) is 12.7 Å².